The van der Waals surface area contributed by atoms with Gasteiger partial charge in [-0.05, 0) is 32.9 Å². The van der Waals surface area contributed by atoms with Crippen LogP contribution in [0, 0.1) is 6.92 Å². The van der Waals surface area contributed by atoms with Gasteiger partial charge in [0, 0.05) is 25.1 Å². The molecule has 0 saturated carbocycles. The zero-order valence-corrected chi connectivity index (χ0v) is 13.3. The van der Waals surface area contributed by atoms with Crippen molar-refractivity contribution in [1.82, 2.24) is 10.2 Å². The Bertz CT molecular complexity index is 488. The number of hydrogen-bond acceptors (Lipinski definition) is 3. The Balaban J connectivity index is 2.19. The number of hydrogen-bond donors (Lipinski definition) is 1. The van der Waals surface area contributed by atoms with E-state index in [9.17, 15) is 4.79 Å². The zero-order chi connectivity index (χ0) is 15.2. The van der Waals surface area contributed by atoms with Crippen LogP contribution in [0.15, 0.2) is 18.2 Å². The molecule has 21 heavy (non-hydrogen) atoms. The van der Waals surface area contributed by atoms with E-state index in [2.05, 4.69) is 18.3 Å². The molecule has 1 aliphatic rings. The van der Waals surface area contributed by atoms with Crippen LogP contribution in [0.2, 0.25) is 0 Å². The van der Waals surface area contributed by atoms with Gasteiger partial charge in [-0.2, -0.15) is 0 Å². The lowest BCUT2D eigenvalue weighted by Gasteiger charge is -2.27. The lowest BCUT2D eigenvalue weighted by molar-refractivity contribution is -0.131. The Morgan fingerprint density at radius 3 is 2.86 bits per heavy atom. The summed E-state index contributed by atoms with van der Waals surface area (Å²) in [4.78, 5) is 14.2. The molecule has 1 fully saturated rings. The third kappa shape index (κ3) is 3.97. The van der Waals surface area contributed by atoms with Crippen molar-refractivity contribution in [2.45, 2.75) is 38.6 Å². The molecule has 1 saturated heterocycles. The number of aryl methyl sites for hydroxylation is 1. The number of ether oxygens (including phenoxy) is 1. The molecular formula is C17H26N2O2. The van der Waals surface area contributed by atoms with E-state index in [0.717, 1.165) is 37.1 Å². The molecule has 4 heteroatoms. The molecule has 0 aliphatic carbocycles. The zero-order valence-electron chi connectivity index (χ0n) is 13.3. The molecule has 1 aromatic rings. The van der Waals surface area contributed by atoms with Gasteiger partial charge in [0.05, 0.1) is 13.2 Å². The third-order valence-corrected chi connectivity index (χ3v) is 4.18. The third-order valence-electron chi connectivity index (χ3n) is 4.18. The Morgan fingerprint density at radius 2 is 2.14 bits per heavy atom. The summed E-state index contributed by atoms with van der Waals surface area (Å²) in [5, 5.41) is 3.33. The van der Waals surface area contributed by atoms with E-state index in [1.807, 2.05) is 24.1 Å². The summed E-state index contributed by atoms with van der Waals surface area (Å²) >= 11 is 0. The summed E-state index contributed by atoms with van der Waals surface area (Å²) < 4.78 is 5.48. The van der Waals surface area contributed by atoms with Crippen molar-refractivity contribution in [2.75, 3.05) is 27.2 Å². The average molecular weight is 290 g/mol. The number of carbonyl (C=O) groups is 1. The summed E-state index contributed by atoms with van der Waals surface area (Å²) in [5.41, 5.74) is 2.32. The fraction of sp³-hybridized carbons (Fsp3) is 0.588. The lowest BCUT2D eigenvalue weighted by Crippen LogP contribution is -2.38. The number of likely N-dealkylation sites (N-methyl/N-ethyl adjacent to an activating group) is 1. The van der Waals surface area contributed by atoms with Crippen LogP contribution in [0.3, 0.4) is 0 Å². The quantitative estimate of drug-likeness (QED) is 0.906. The number of methoxy groups -OCH3 is 1. The molecule has 0 aromatic heterocycles. The summed E-state index contributed by atoms with van der Waals surface area (Å²) in [5.74, 6) is 1.15. The van der Waals surface area contributed by atoms with Crippen molar-refractivity contribution < 1.29 is 9.53 Å². The predicted molar refractivity (Wildman–Crippen MR) is 84.6 cm³/mol. The molecule has 2 rings (SSSR count). The van der Waals surface area contributed by atoms with Crippen LogP contribution in [-0.2, 0) is 4.79 Å². The van der Waals surface area contributed by atoms with Gasteiger partial charge in [-0.25, -0.2) is 0 Å². The van der Waals surface area contributed by atoms with Crippen LogP contribution in [0.25, 0.3) is 0 Å². The van der Waals surface area contributed by atoms with Crippen molar-refractivity contribution in [2.24, 2.45) is 0 Å². The molecular weight excluding hydrogens is 264 g/mol. The SMILES string of the molecule is CNC(CN1CCCCCC1=O)c1cc(C)ccc1OC. The van der Waals surface area contributed by atoms with E-state index in [-0.39, 0.29) is 11.9 Å². The van der Waals surface area contributed by atoms with Crippen LogP contribution < -0.4 is 10.1 Å². The lowest BCUT2D eigenvalue weighted by atomic mass is 10.0. The molecule has 1 N–H and O–H groups in total. The molecule has 0 spiro atoms. The van der Waals surface area contributed by atoms with Crippen molar-refractivity contribution in [3.05, 3.63) is 29.3 Å². The van der Waals surface area contributed by atoms with Crippen LogP contribution >= 0.6 is 0 Å². The summed E-state index contributed by atoms with van der Waals surface area (Å²) in [6, 6.07) is 6.29. The maximum Gasteiger partial charge on any atom is 0.222 e. The molecule has 1 heterocycles. The monoisotopic (exact) mass is 290 g/mol. The highest BCUT2D eigenvalue weighted by molar-refractivity contribution is 5.76. The Morgan fingerprint density at radius 1 is 1.33 bits per heavy atom. The number of likely N-dealkylation sites (tertiary alicyclic amines) is 1. The standard InChI is InChI=1S/C17H26N2O2/c1-13-8-9-16(21-3)14(11-13)15(18-2)12-19-10-6-4-5-7-17(19)20/h8-9,11,15,18H,4-7,10,12H2,1-3H3. The molecule has 1 atom stereocenters. The van der Waals surface area contributed by atoms with Crippen molar-refractivity contribution in [3.8, 4) is 5.75 Å². The Kier molecular flexibility index (Phi) is 5.62. The molecule has 0 radical (unpaired) electrons. The van der Waals surface area contributed by atoms with Gasteiger partial charge < -0.3 is 15.0 Å². The molecule has 1 unspecified atom stereocenters. The van der Waals surface area contributed by atoms with E-state index in [1.54, 1.807) is 7.11 Å². The highest BCUT2D eigenvalue weighted by Crippen LogP contribution is 2.27. The summed E-state index contributed by atoms with van der Waals surface area (Å²) in [6.45, 7) is 3.65. The number of nitrogens with zero attached hydrogens (tertiary/aromatic N) is 1. The average Bonchev–Trinajstić information content (AvgIpc) is 2.69. The van der Waals surface area contributed by atoms with E-state index in [4.69, 9.17) is 4.74 Å². The minimum absolute atomic E-state index is 0.0990. The topological polar surface area (TPSA) is 41.6 Å². The predicted octanol–water partition coefficient (Wildman–Crippen LogP) is 2.67. The van der Waals surface area contributed by atoms with Crippen molar-refractivity contribution in [3.63, 3.8) is 0 Å². The van der Waals surface area contributed by atoms with Crippen LogP contribution in [0.4, 0.5) is 0 Å². The van der Waals surface area contributed by atoms with Gasteiger partial charge in [0.1, 0.15) is 5.75 Å². The Hall–Kier alpha value is -1.55. The highest BCUT2D eigenvalue weighted by Gasteiger charge is 2.22. The van der Waals surface area contributed by atoms with Crippen LogP contribution in [0.5, 0.6) is 5.75 Å². The largest absolute Gasteiger partial charge is 0.496 e. The van der Waals surface area contributed by atoms with Crippen LogP contribution in [-0.4, -0.2) is 38.1 Å². The minimum atomic E-state index is 0.0990. The van der Waals surface area contributed by atoms with Gasteiger partial charge in [0.25, 0.3) is 0 Å². The van der Waals surface area contributed by atoms with E-state index in [0.29, 0.717) is 13.0 Å². The van der Waals surface area contributed by atoms with E-state index in [1.165, 1.54) is 5.56 Å². The van der Waals surface area contributed by atoms with Gasteiger partial charge in [-0.3, -0.25) is 4.79 Å². The first-order chi connectivity index (χ1) is 10.2. The number of carbonyl (C=O) groups excluding carboxylic acids is 1. The normalized spacial score (nSPS) is 17.5. The molecule has 1 aromatic carbocycles. The highest BCUT2D eigenvalue weighted by atomic mass is 16.5. The van der Waals surface area contributed by atoms with Gasteiger partial charge in [-0.1, -0.05) is 24.1 Å². The first kappa shape index (κ1) is 15.8. The van der Waals surface area contributed by atoms with Crippen molar-refractivity contribution in [1.29, 1.82) is 0 Å². The maximum atomic E-state index is 12.2. The van der Waals surface area contributed by atoms with E-state index >= 15 is 0 Å². The number of rotatable bonds is 5. The summed E-state index contributed by atoms with van der Waals surface area (Å²) in [6.07, 6.45) is 3.96. The number of benzene rings is 1. The second-order valence-corrected chi connectivity index (χ2v) is 5.74. The smallest absolute Gasteiger partial charge is 0.222 e. The van der Waals surface area contributed by atoms with Crippen molar-refractivity contribution >= 4 is 5.91 Å². The molecule has 116 valence electrons. The first-order valence-corrected chi connectivity index (χ1v) is 7.75. The Labute approximate surface area is 127 Å². The van der Waals surface area contributed by atoms with Gasteiger partial charge in [-0.15, -0.1) is 0 Å². The second kappa shape index (κ2) is 7.46. The fourth-order valence-electron chi connectivity index (χ4n) is 2.92. The van der Waals surface area contributed by atoms with Crippen LogP contribution in [0.1, 0.15) is 42.9 Å². The number of nitrogens with one attached hydrogen (secondary N) is 1. The van der Waals surface area contributed by atoms with Gasteiger partial charge in [0.2, 0.25) is 5.91 Å². The maximum absolute atomic E-state index is 12.2. The summed E-state index contributed by atoms with van der Waals surface area (Å²) in [7, 11) is 3.63. The molecule has 1 aliphatic heterocycles. The van der Waals surface area contributed by atoms with Gasteiger partial charge >= 0.3 is 0 Å². The molecule has 0 bridgehead atoms. The molecule has 1 amide bonds. The van der Waals surface area contributed by atoms with Gasteiger partial charge in [0.15, 0.2) is 0 Å². The van der Waals surface area contributed by atoms with E-state index < -0.39 is 0 Å². The minimum Gasteiger partial charge on any atom is -0.496 e. The fourth-order valence-corrected chi connectivity index (χ4v) is 2.92. The molecule has 4 nitrogen and oxygen atoms in total. The number of amides is 1. The first-order valence-electron chi connectivity index (χ1n) is 7.75. The second-order valence-electron chi connectivity index (χ2n) is 5.74.